The summed E-state index contributed by atoms with van der Waals surface area (Å²) in [6, 6.07) is 0. The maximum absolute atomic E-state index is 5.98. The largest absolute Gasteiger partial charge is 0.374 e. The van der Waals surface area contributed by atoms with Crippen LogP contribution in [0.2, 0.25) is 0 Å². The number of methoxy groups -OCH3 is 2. The van der Waals surface area contributed by atoms with Crippen LogP contribution in [0.25, 0.3) is 0 Å². The van der Waals surface area contributed by atoms with Gasteiger partial charge in [0, 0.05) is 20.1 Å². The number of piperidine rings is 1. The van der Waals surface area contributed by atoms with Crippen LogP contribution in [0.15, 0.2) is 0 Å². The number of rotatable bonds is 3. The number of nitrogens with one attached hydrogen (secondary N) is 1. The SMILES string of the molecule is COC(OC)[C@@H]1COC2(CCNCC2)C1. The molecule has 2 heterocycles. The topological polar surface area (TPSA) is 39.7 Å². The predicted molar refractivity (Wildman–Crippen MR) is 56.7 cm³/mol. The van der Waals surface area contributed by atoms with Gasteiger partial charge < -0.3 is 19.5 Å². The maximum Gasteiger partial charge on any atom is 0.161 e. The molecule has 4 nitrogen and oxygen atoms in total. The van der Waals surface area contributed by atoms with E-state index < -0.39 is 0 Å². The molecule has 0 saturated carbocycles. The summed E-state index contributed by atoms with van der Waals surface area (Å²) in [6.45, 7) is 2.90. The van der Waals surface area contributed by atoms with Gasteiger partial charge in [0.15, 0.2) is 6.29 Å². The Labute approximate surface area is 91.3 Å². The van der Waals surface area contributed by atoms with Crippen molar-refractivity contribution in [2.75, 3.05) is 33.9 Å². The van der Waals surface area contributed by atoms with Crippen molar-refractivity contribution in [1.29, 1.82) is 0 Å². The van der Waals surface area contributed by atoms with Gasteiger partial charge in [-0.2, -0.15) is 0 Å². The highest BCUT2D eigenvalue weighted by Crippen LogP contribution is 2.38. The van der Waals surface area contributed by atoms with Gasteiger partial charge in [-0.25, -0.2) is 0 Å². The van der Waals surface area contributed by atoms with Crippen molar-refractivity contribution in [3.63, 3.8) is 0 Å². The molecule has 0 unspecified atom stereocenters. The fraction of sp³-hybridized carbons (Fsp3) is 1.00. The first kappa shape index (κ1) is 11.3. The first-order valence-electron chi connectivity index (χ1n) is 5.70. The average molecular weight is 215 g/mol. The monoisotopic (exact) mass is 215 g/mol. The molecule has 0 radical (unpaired) electrons. The predicted octanol–water partition coefficient (Wildman–Crippen LogP) is 0.764. The van der Waals surface area contributed by atoms with Crippen LogP contribution in [0.5, 0.6) is 0 Å². The van der Waals surface area contributed by atoms with E-state index >= 15 is 0 Å². The molecule has 88 valence electrons. The van der Waals surface area contributed by atoms with Crippen molar-refractivity contribution in [2.24, 2.45) is 5.92 Å². The highest BCUT2D eigenvalue weighted by atomic mass is 16.7. The number of ether oxygens (including phenoxy) is 3. The van der Waals surface area contributed by atoms with E-state index in [-0.39, 0.29) is 11.9 Å². The van der Waals surface area contributed by atoms with E-state index in [1.807, 2.05) is 0 Å². The Balaban J connectivity index is 1.92. The van der Waals surface area contributed by atoms with E-state index in [4.69, 9.17) is 14.2 Å². The standard InChI is InChI=1S/C11H21NO3/c1-13-10(14-2)9-7-11(15-8-9)3-5-12-6-4-11/h9-10,12H,3-8H2,1-2H3/t9-/m0/s1. The summed E-state index contributed by atoms with van der Waals surface area (Å²) >= 11 is 0. The Kier molecular flexibility index (Phi) is 3.61. The molecule has 0 amide bonds. The van der Waals surface area contributed by atoms with Gasteiger partial charge in [-0.15, -0.1) is 0 Å². The van der Waals surface area contributed by atoms with Gasteiger partial charge in [-0.05, 0) is 32.4 Å². The third-order valence-corrected chi connectivity index (χ3v) is 3.60. The zero-order valence-corrected chi connectivity index (χ0v) is 9.62. The van der Waals surface area contributed by atoms with Crippen LogP contribution in [0.3, 0.4) is 0 Å². The van der Waals surface area contributed by atoms with E-state index in [0.29, 0.717) is 5.92 Å². The molecule has 1 spiro atoms. The Morgan fingerprint density at radius 3 is 2.53 bits per heavy atom. The van der Waals surface area contributed by atoms with Gasteiger partial charge in [0.2, 0.25) is 0 Å². The lowest BCUT2D eigenvalue weighted by Crippen LogP contribution is -2.41. The molecule has 2 aliphatic rings. The first-order chi connectivity index (χ1) is 7.29. The van der Waals surface area contributed by atoms with Crippen LogP contribution in [0, 0.1) is 5.92 Å². The first-order valence-corrected chi connectivity index (χ1v) is 5.70. The average Bonchev–Trinajstić information content (AvgIpc) is 2.65. The molecule has 2 fully saturated rings. The zero-order valence-electron chi connectivity index (χ0n) is 9.62. The van der Waals surface area contributed by atoms with Crippen LogP contribution in [0.4, 0.5) is 0 Å². The second-order valence-corrected chi connectivity index (χ2v) is 4.55. The van der Waals surface area contributed by atoms with Crippen LogP contribution in [-0.4, -0.2) is 45.8 Å². The molecule has 2 rings (SSSR count). The Hall–Kier alpha value is -0.160. The second kappa shape index (κ2) is 4.78. The molecule has 1 N–H and O–H groups in total. The summed E-state index contributed by atoms with van der Waals surface area (Å²) in [5.41, 5.74) is 0.102. The normalized spacial score (nSPS) is 30.2. The van der Waals surface area contributed by atoms with Gasteiger partial charge >= 0.3 is 0 Å². The smallest absolute Gasteiger partial charge is 0.161 e. The van der Waals surface area contributed by atoms with Crippen LogP contribution >= 0.6 is 0 Å². The molecule has 2 aliphatic heterocycles. The van der Waals surface area contributed by atoms with Crippen molar-refractivity contribution in [3.05, 3.63) is 0 Å². The molecule has 2 saturated heterocycles. The Bertz CT molecular complexity index is 200. The highest BCUT2D eigenvalue weighted by molar-refractivity contribution is 4.93. The quantitative estimate of drug-likeness (QED) is 0.706. The van der Waals surface area contributed by atoms with Crippen molar-refractivity contribution < 1.29 is 14.2 Å². The summed E-state index contributed by atoms with van der Waals surface area (Å²) in [5.74, 6) is 0.387. The van der Waals surface area contributed by atoms with E-state index in [2.05, 4.69) is 5.32 Å². The van der Waals surface area contributed by atoms with Crippen molar-refractivity contribution in [3.8, 4) is 0 Å². The second-order valence-electron chi connectivity index (χ2n) is 4.55. The number of hydrogen-bond donors (Lipinski definition) is 1. The zero-order chi connectivity index (χ0) is 10.7. The minimum Gasteiger partial charge on any atom is -0.374 e. The van der Waals surface area contributed by atoms with E-state index in [1.54, 1.807) is 14.2 Å². The summed E-state index contributed by atoms with van der Waals surface area (Å²) in [4.78, 5) is 0. The third kappa shape index (κ3) is 2.33. The summed E-state index contributed by atoms with van der Waals surface area (Å²) in [5, 5.41) is 3.37. The Morgan fingerprint density at radius 2 is 1.93 bits per heavy atom. The summed E-state index contributed by atoms with van der Waals surface area (Å²) in [7, 11) is 3.39. The lowest BCUT2D eigenvalue weighted by molar-refractivity contribution is -0.136. The fourth-order valence-corrected chi connectivity index (χ4v) is 2.77. The van der Waals surface area contributed by atoms with Gasteiger partial charge in [0.1, 0.15) is 0 Å². The van der Waals surface area contributed by atoms with Crippen molar-refractivity contribution >= 4 is 0 Å². The molecule has 0 bridgehead atoms. The third-order valence-electron chi connectivity index (χ3n) is 3.60. The number of hydrogen-bond acceptors (Lipinski definition) is 4. The Morgan fingerprint density at radius 1 is 1.27 bits per heavy atom. The van der Waals surface area contributed by atoms with Crippen molar-refractivity contribution in [1.82, 2.24) is 5.32 Å². The maximum atomic E-state index is 5.98. The summed E-state index contributed by atoms with van der Waals surface area (Å²) in [6.07, 6.45) is 3.19. The lowest BCUT2D eigenvalue weighted by Gasteiger charge is -2.33. The van der Waals surface area contributed by atoms with Gasteiger partial charge in [-0.1, -0.05) is 0 Å². The van der Waals surface area contributed by atoms with E-state index in [1.165, 1.54) is 0 Å². The van der Waals surface area contributed by atoms with Gasteiger partial charge in [-0.3, -0.25) is 0 Å². The minimum absolute atomic E-state index is 0.102. The lowest BCUT2D eigenvalue weighted by atomic mass is 9.86. The van der Waals surface area contributed by atoms with Crippen LogP contribution in [-0.2, 0) is 14.2 Å². The minimum atomic E-state index is -0.112. The molecular formula is C11H21NO3. The van der Waals surface area contributed by atoms with Crippen LogP contribution in [0.1, 0.15) is 19.3 Å². The molecular weight excluding hydrogens is 194 g/mol. The molecule has 4 heteroatoms. The van der Waals surface area contributed by atoms with E-state index in [9.17, 15) is 0 Å². The molecule has 0 aliphatic carbocycles. The molecule has 0 aromatic heterocycles. The van der Waals surface area contributed by atoms with Crippen LogP contribution < -0.4 is 5.32 Å². The molecule has 1 atom stereocenters. The fourth-order valence-electron chi connectivity index (χ4n) is 2.77. The molecule has 0 aromatic rings. The van der Waals surface area contributed by atoms with Gasteiger partial charge in [0.05, 0.1) is 12.2 Å². The molecule has 0 aromatic carbocycles. The summed E-state index contributed by atoms with van der Waals surface area (Å²) < 4.78 is 16.6. The van der Waals surface area contributed by atoms with E-state index in [0.717, 1.165) is 39.0 Å². The molecule has 15 heavy (non-hydrogen) atoms. The highest BCUT2D eigenvalue weighted by Gasteiger charge is 2.43. The van der Waals surface area contributed by atoms with Gasteiger partial charge in [0.25, 0.3) is 0 Å². The van der Waals surface area contributed by atoms with Crippen molar-refractivity contribution in [2.45, 2.75) is 31.2 Å².